The Morgan fingerprint density at radius 2 is 2.12 bits per heavy atom. The maximum Gasteiger partial charge on any atom is 0.119 e. The second-order valence-corrected chi connectivity index (χ2v) is 6.79. The molecule has 0 spiro atoms. The van der Waals surface area contributed by atoms with Gasteiger partial charge in [-0.05, 0) is 67.9 Å². The SMILES string of the molecule is C=CCCC/C(=C/c1cccc(O)c1)C1C=CC(F)=CC1CCC(=C)N. The van der Waals surface area contributed by atoms with Gasteiger partial charge in [0.1, 0.15) is 11.6 Å². The van der Waals surface area contributed by atoms with Crippen LogP contribution >= 0.6 is 0 Å². The minimum atomic E-state index is -0.198. The molecule has 2 atom stereocenters. The van der Waals surface area contributed by atoms with E-state index in [0.717, 1.165) is 31.2 Å². The Kier molecular flexibility index (Phi) is 7.46. The largest absolute Gasteiger partial charge is 0.508 e. The molecule has 0 saturated carbocycles. The number of hydrogen-bond donors (Lipinski definition) is 2. The van der Waals surface area contributed by atoms with Gasteiger partial charge < -0.3 is 10.8 Å². The minimum Gasteiger partial charge on any atom is -0.508 e. The van der Waals surface area contributed by atoms with Gasteiger partial charge in [-0.1, -0.05) is 42.5 Å². The van der Waals surface area contributed by atoms with Crippen LogP contribution in [-0.2, 0) is 0 Å². The van der Waals surface area contributed by atoms with Gasteiger partial charge in [0.25, 0.3) is 0 Å². The van der Waals surface area contributed by atoms with Crippen LogP contribution in [0.3, 0.4) is 0 Å². The van der Waals surface area contributed by atoms with Gasteiger partial charge in [0.05, 0.1) is 0 Å². The van der Waals surface area contributed by atoms with Crippen molar-refractivity contribution in [1.82, 2.24) is 0 Å². The number of rotatable bonds is 9. The number of benzene rings is 1. The maximum absolute atomic E-state index is 13.8. The van der Waals surface area contributed by atoms with Crippen LogP contribution < -0.4 is 5.73 Å². The molecule has 0 aromatic heterocycles. The second-order valence-electron chi connectivity index (χ2n) is 6.79. The zero-order chi connectivity index (χ0) is 18.9. The molecule has 0 aliphatic heterocycles. The number of phenols is 1. The van der Waals surface area contributed by atoms with E-state index in [9.17, 15) is 9.50 Å². The number of unbranched alkanes of at least 4 members (excludes halogenated alkanes) is 1. The molecular formula is C23H28FNO. The number of aromatic hydroxyl groups is 1. The molecule has 1 aromatic rings. The molecule has 138 valence electrons. The molecule has 0 radical (unpaired) electrons. The van der Waals surface area contributed by atoms with Crippen molar-refractivity contribution in [2.24, 2.45) is 17.6 Å². The summed E-state index contributed by atoms with van der Waals surface area (Å²) in [5, 5.41) is 9.74. The molecule has 1 aliphatic rings. The van der Waals surface area contributed by atoms with Crippen LogP contribution in [-0.4, -0.2) is 5.11 Å². The fourth-order valence-corrected chi connectivity index (χ4v) is 3.33. The Labute approximate surface area is 155 Å². The lowest BCUT2D eigenvalue weighted by Crippen LogP contribution is -2.17. The van der Waals surface area contributed by atoms with Gasteiger partial charge >= 0.3 is 0 Å². The van der Waals surface area contributed by atoms with Gasteiger partial charge in [-0.3, -0.25) is 0 Å². The van der Waals surface area contributed by atoms with E-state index in [1.54, 1.807) is 24.3 Å². The van der Waals surface area contributed by atoms with Crippen LogP contribution in [0, 0.1) is 11.8 Å². The zero-order valence-corrected chi connectivity index (χ0v) is 15.2. The van der Waals surface area contributed by atoms with Gasteiger partial charge in [-0.2, -0.15) is 0 Å². The molecule has 2 unspecified atom stereocenters. The van der Waals surface area contributed by atoms with E-state index in [4.69, 9.17) is 5.73 Å². The van der Waals surface area contributed by atoms with Crippen molar-refractivity contribution in [3.63, 3.8) is 0 Å². The first-order valence-corrected chi connectivity index (χ1v) is 9.08. The standard InChI is InChI=1S/C23H28FNO/c1-3-4-5-8-19(14-18-7-6-9-22(26)15-18)23-13-12-21(24)16-20(23)11-10-17(2)25/h3,6-7,9,12-16,20,23,26H,1-2,4-5,8,10-11,25H2/b19-14-. The highest BCUT2D eigenvalue weighted by molar-refractivity contribution is 5.56. The zero-order valence-electron chi connectivity index (χ0n) is 15.2. The van der Waals surface area contributed by atoms with E-state index in [1.807, 2.05) is 24.3 Å². The number of allylic oxidation sites excluding steroid dienone is 7. The first-order chi connectivity index (χ1) is 12.5. The molecule has 0 fully saturated rings. The first kappa shape index (κ1) is 19.8. The van der Waals surface area contributed by atoms with Crippen LogP contribution in [0.15, 0.2) is 78.8 Å². The summed E-state index contributed by atoms with van der Waals surface area (Å²) < 4.78 is 13.8. The number of nitrogens with two attached hydrogens (primary N) is 1. The maximum atomic E-state index is 13.8. The van der Waals surface area contributed by atoms with Crippen LogP contribution in [0.1, 0.15) is 37.7 Å². The van der Waals surface area contributed by atoms with Crippen molar-refractivity contribution < 1.29 is 9.50 Å². The summed E-state index contributed by atoms with van der Waals surface area (Å²) in [6, 6.07) is 7.19. The van der Waals surface area contributed by atoms with E-state index in [2.05, 4.69) is 19.2 Å². The third-order valence-electron chi connectivity index (χ3n) is 4.62. The van der Waals surface area contributed by atoms with Crippen molar-refractivity contribution >= 4 is 6.08 Å². The fraction of sp³-hybridized carbons (Fsp3) is 0.304. The summed E-state index contributed by atoms with van der Waals surface area (Å²) in [4.78, 5) is 0. The normalized spacial score (nSPS) is 19.9. The van der Waals surface area contributed by atoms with Crippen LogP contribution in [0.5, 0.6) is 5.75 Å². The third kappa shape index (κ3) is 6.07. The average Bonchev–Trinajstić information content (AvgIpc) is 2.59. The molecule has 26 heavy (non-hydrogen) atoms. The first-order valence-electron chi connectivity index (χ1n) is 9.08. The molecule has 1 aliphatic carbocycles. The number of hydrogen-bond acceptors (Lipinski definition) is 2. The van der Waals surface area contributed by atoms with Gasteiger partial charge in [-0.15, -0.1) is 6.58 Å². The topological polar surface area (TPSA) is 46.2 Å². The Hall–Kier alpha value is -2.55. The van der Waals surface area contributed by atoms with Gasteiger partial charge in [0, 0.05) is 11.6 Å². The van der Waals surface area contributed by atoms with E-state index in [0.29, 0.717) is 12.1 Å². The third-order valence-corrected chi connectivity index (χ3v) is 4.62. The predicted octanol–water partition coefficient (Wildman–Crippen LogP) is 6.04. The molecule has 2 nitrogen and oxygen atoms in total. The van der Waals surface area contributed by atoms with Crippen molar-refractivity contribution in [2.75, 3.05) is 0 Å². The highest BCUT2D eigenvalue weighted by Gasteiger charge is 2.24. The van der Waals surface area contributed by atoms with Crippen LogP contribution in [0.4, 0.5) is 4.39 Å². The lowest BCUT2D eigenvalue weighted by Gasteiger charge is -2.27. The van der Waals surface area contributed by atoms with E-state index in [1.165, 1.54) is 5.57 Å². The predicted molar refractivity (Wildman–Crippen MR) is 108 cm³/mol. The summed E-state index contributed by atoms with van der Waals surface area (Å²) >= 11 is 0. The van der Waals surface area contributed by atoms with Gasteiger partial charge in [0.15, 0.2) is 0 Å². The molecular weight excluding hydrogens is 325 g/mol. The van der Waals surface area contributed by atoms with Crippen molar-refractivity contribution in [3.8, 4) is 5.75 Å². The van der Waals surface area contributed by atoms with E-state index < -0.39 is 0 Å². The summed E-state index contributed by atoms with van der Waals surface area (Å²) in [5.41, 5.74) is 8.52. The molecule has 0 heterocycles. The minimum absolute atomic E-state index is 0.0487. The van der Waals surface area contributed by atoms with Crippen molar-refractivity contribution in [1.29, 1.82) is 0 Å². The fourth-order valence-electron chi connectivity index (χ4n) is 3.33. The highest BCUT2D eigenvalue weighted by Crippen LogP contribution is 2.36. The Morgan fingerprint density at radius 3 is 2.81 bits per heavy atom. The average molecular weight is 353 g/mol. The van der Waals surface area contributed by atoms with Gasteiger partial charge in [0.2, 0.25) is 0 Å². The summed E-state index contributed by atoms with van der Waals surface area (Å²) in [5.74, 6) is 0.204. The lowest BCUT2D eigenvalue weighted by molar-refractivity contribution is 0.460. The molecule has 2 rings (SSSR count). The van der Waals surface area contributed by atoms with Crippen molar-refractivity contribution in [3.05, 3.63) is 84.4 Å². The molecule has 3 N–H and O–H groups in total. The molecule has 3 heteroatoms. The molecule has 0 amide bonds. The smallest absolute Gasteiger partial charge is 0.119 e. The summed E-state index contributed by atoms with van der Waals surface area (Å²) in [6.45, 7) is 7.55. The summed E-state index contributed by atoms with van der Waals surface area (Å²) in [7, 11) is 0. The Morgan fingerprint density at radius 1 is 1.31 bits per heavy atom. The van der Waals surface area contributed by atoms with Crippen LogP contribution in [0.25, 0.3) is 6.08 Å². The Bertz CT molecular complexity index is 729. The van der Waals surface area contributed by atoms with E-state index >= 15 is 0 Å². The quantitative estimate of drug-likeness (QED) is 0.420. The molecule has 0 saturated heterocycles. The Balaban J connectivity index is 2.30. The van der Waals surface area contributed by atoms with Crippen LogP contribution in [0.2, 0.25) is 0 Å². The monoisotopic (exact) mass is 353 g/mol. The van der Waals surface area contributed by atoms with E-state index in [-0.39, 0.29) is 23.4 Å². The highest BCUT2D eigenvalue weighted by atomic mass is 19.1. The number of halogens is 1. The number of phenolic OH excluding ortho intramolecular Hbond substituents is 1. The van der Waals surface area contributed by atoms with Gasteiger partial charge in [-0.25, -0.2) is 4.39 Å². The van der Waals surface area contributed by atoms with Crippen molar-refractivity contribution in [2.45, 2.75) is 32.1 Å². The lowest BCUT2D eigenvalue weighted by atomic mass is 9.77. The molecule has 0 bridgehead atoms. The summed E-state index contributed by atoms with van der Waals surface area (Å²) in [6.07, 6.45) is 13.5. The second kappa shape index (κ2) is 9.81. The molecule has 1 aromatic carbocycles.